The molecule has 1 atom stereocenters. The normalized spacial score (nSPS) is 11.7. The van der Waals surface area contributed by atoms with Crippen LogP contribution in [-0.4, -0.2) is 34.9 Å². The molecule has 7 nitrogen and oxygen atoms in total. The van der Waals surface area contributed by atoms with Crippen LogP contribution in [0.4, 0.5) is 0 Å². The maximum Gasteiger partial charge on any atom is 0.328 e. The number of furan rings is 1. The topological polar surface area (TPSA) is 90.5 Å². The number of esters is 1. The Bertz CT molecular complexity index is 1100. The van der Waals surface area contributed by atoms with Gasteiger partial charge in [-0.15, -0.1) is 0 Å². The number of nitrogens with one attached hydrogen (secondary N) is 1. The van der Waals surface area contributed by atoms with Crippen molar-refractivity contribution in [1.82, 2.24) is 9.88 Å². The van der Waals surface area contributed by atoms with E-state index in [1.165, 1.54) is 6.92 Å². The number of benzene rings is 1. The van der Waals surface area contributed by atoms with Crippen LogP contribution >= 0.6 is 0 Å². The summed E-state index contributed by atoms with van der Waals surface area (Å²) in [6.07, 6.45) is 1.61. The van der Waals surface area contributed by atoms with Gasteiger partial charge in [-0.2, -0.15) is 0 Å². The number of hydrogen-bond donors (Lipinski definition) is 1. The number of aromatic nitrogens is 1. The lowest BCUT2D eigenvalue weighted by molar-refractivity contribution is -0.144. The number of amides is 1. The molecule has 3 rings (SSSR count). The Labute approximate surface area is 181 Å². The number of Topliss-reactive ketones (excluding diaryl/α,β-unsaturated/α-hetero) is 1. The Morgan fingerprint density at radius 2 is 1.87 bits per heavy atom. The van der Waals surface area contributed by atoms with Gasteiger partial charge in [0.15, 0.2) is 6.61 Å². The molecule has 0 saturated heterocycles. The maximum atomic E-state index is 12.6. The molecular weight excluding hydrogens is 396 g/mol. The standard InChI is InChI=1S/C24H26N2O5/c1-15-7-5-8-19(11-15)23(28)25-17(3)24(29)31-14-22(27)21-12-16(2)26(18(21)4)13-20-9-6-10-30-20/h5-12,17H,13-14H2,1-4H3,(H,25,28)/t17-/m0/s1. The van der Waals surface area contributed by atoms with Gasteiger partial charge in [0.2, 0.25) is 5.78 Å². The molecule has 1 amide bonds. The molecule has 0 aliphatic rings. The fourth-order valence-electron chi connectivity index (χ4n) is 3.35. The van der Waals surface area contributed by atoms with Crippen LogP contribution < -0.4 is 5.32 Å². The van der Waals surface area contributed by atoms with E-state index < -0.39 is 18.6 Å². The van der Waals surface area contributed by atoms with E-state index in [9.17, 15) is 14.4 Å². The van der Waals surface area contributed by atoms with Crippen molar-refractivity contribution in [1.29, 1.82) is 0 Å². The van der Waals surface area contributed by atoms with Crippen LogP contribution in [0, 0.1) is 20.8 Å². The van der Waals surface area contributed by atoms with Crippen molar-refractivity contribution in [2.24, 2.45) is 0 Å². The monoisotopic (exact) mass is 422 g/mol. The van der Waals surface area contributed by atoms with E-state index in [4.69, 9.17) is 9.15 Å². The molecular formula is C24H26N2O5. The smallest absolute Gasteiger partial charge is 0.328 e. The molecule has 1 aromatic carbocycles. The Balaban J connectivity index is 1.57. The van der Waals surface area contributed by atoms with Crippen LogP contribution in [-0.2, 0) is 16.1 Å². The first-order valence-corrected chi connectivity index (χ1v) is 10.0. The van der Waals surface area contributed by atoms with Crippen molar-refractivity contribution in [2.75, 3.05) is 6.61 Å². The molecule has 0 saturated carbocycles. The van der Waals surface area contributed by atoms with Gasteiger partial charge in [-0.3, -0.25) is 9.59 Å². The van der Waals surface area contributed by atoms with Gasteiger partial charge in [0.05, 0.1) is 12.8 Å². The van der Waals surface area contributed by atoms with E-state index in [0.717, 1.165) is 22.7 Å². The second-order valence-corrected chi connectivity index (χ2v) is 7.55. The highest BCUT2D eigenvalue weighted by Crippen LogP contribution is 2.18. The number of ether oxygens (including phenoxy) is 1. The summed E-state index contributed by atoms with van der Waals surface area (Å²) in [7, 11) is 0. The largest absolute Gasteiger partial charge is 0.467 e. The number of rotatable bonds is 8. The lowest BCUT2D eigenvalue weighted by atomic mass is 10.1. The highest BCUT2D eigenvalue weighted by Gasteiger charge is 2.21. The van der Waals surface area contributed by atoms with E-state index in [1.54, 1.807) is 30.5 Å². The second kappa shape index (κ2) is 9.47. The second-order valence-electron chi connectivity index (χ2n) is 7.55. The van der Waals surface area contributed by atoms with E-state index in [-0.39, 0.29) is 11.7 Å². The Morgan fingerprint density at radius 1 is 1.10 bits per heavy atom. The highest BCUT2D eigenvalue weighted by atomic mass is 16.5. The Morgan fingerprint density at radius 3 is 2.55 bits per heavy atom. The van der Waals surface area contributed by atoms with E-state index in [2.05, 4.69) is 5.32 Å². The summed E-state index contributed by atoms with van der Waals surface area (Å²) in [6, 6.07) is 11.6. The summed E-state index contributed by atoms with van der Waals surface area (Å²) in [5.74, 6) is -0.561. The molecule has 0 aliphatic carbocycles. The number of hydrogen-bond acceptors (Lipinski definition) is 5. The van der Waals surface area contributed by atoms with Gasteiger partial charge in [-0.05, 0) is 58.0 Å². The van der Waals surface area contributed by atoms with Gasteiger partial charge >= 0.3 is 5.97 Å². The van der Waals surface area contributed by atoms with Gasteiger partial charge in [0.25, 0.3) is 5.91 Å². The number of nitrogens with zero attached hydrogens (tertiary/aromatic N) is 1. The van der Waals surface area contributed by atoms with E-state index >= 15 is 0 Å². The van der Waals surface area contributed by atoms with Crippen molar-refractivity contribution in [3.05, 3.63) is 82.6 Å². The first-order chi connectivity index (χ1) is 14.8. The third-order valence-electron chi connectivity index (χ3n) is 5.10. The molecule has 2 heterocycles. The van der Waals surface area contributed by atoms with Gasteiger partial charge in [-0.1, -0.05) is 17.7 Å². The Hall–Kier alpha value is -3.61. The zero-order valence-electron chi connectivity index (χ0n) is 18.1. The molecule has 1 N–H and O–H groups in total. The number of aryl methyl sites for hydroxylation is 2. The molecule has 0 fully saturated rings. The summed E-state index contributed by atoms with van der Waals surface area (Å²) in [4.78, 5) is 37.2. The number of carbonyl (C=O) groups excluding carboxylic acids is 3. The first-order valence-electron chi connectivity index (χ1n) is 10.0. The lowest BCUT2D eigenvalue weighted by Gasteiger charge is -2.13. The third-order valence-corrected chi connectivity index (χ3v) is 5.10. The predicted octanol–water partition coefficient (Wildman–Crippen LogP) is 3.60. The molecule has 162 valence electrons. The van der Waals surface area contributed by atoms with Crippen LogP contribution in [0.3, 0.4) is 0 Å². The molecule has 7 heteroatoms. The fourth-order valence-corrected chi connectivity index (χ4v) is 3.35. The third kappa shape index (κ3) is 5.31. The van der Waals surface area contributed by atoms with Crippen LogP contribution in [0.2, 0.25) is 0 Å². The highest BCUT2D eigenvalue weighted by molar-refractivity contribution is 6.00. The molecule has 3 aromatic rings. The average molecular weight is 422 g/mol. The predicted molar refractivity (Wildman–Crippen MR) is 115 cm³/mol. The van der Waals surface area contributed by atoms with Crippen LogP contribution in [0.5, 0.6) is 0 Å². The molecule has 2 aromatic heterocycles. The van der Waals surface area contributed by atoms with Gasteiger partial charge in [-0.25, -0.2) is 4.79 Å². The number of carbonyl (C=O) groups is 3. The van der Waals surface area contributed by atoms with Crippen LogP contribution in [0.15, 0.2) is 53.1 Å². The van der Waals surface area contributed by atoms with E-state index in [0.29, 0.717) is 17.7 Å². The van der Waals surface area contributed by atoms with E-state index in [1.807, 2.05) is 43.5 Å². The van der Waals surface area contributed by atoms with Crippen LogP contribution in [0.1, 0.15) is 50.4 Å². The summed E-state index contributed by atoms with van der Waals surface area (Å²) in [5, 5.41) is 2.60. The first kappa shape index (κ1) is 22.1. The lowest BCUT2D eigenvalue weighted by Crippen LogP contribution is -2.40. The molecule has 0 bridgehead atoms. The average Bonchev–Trinajstić information content (AvgIpc) is 3.35. The summed E-state index contributed by atoms with van der Waals surface area (Å²) >= 11 is 0. The van der Waals surface area contributed by atoms with Crippen molar-refractivity contribution in [3.63, 3.8) is 0 Å². The minimum Gasteiger partial charge on any atom is -0.467 e. The molecule has 0 radical (unpaired) electrons. The molecule has 0 aliphatic heterocycles. The minimum atomic E-state index is -0.882. The Kier molecular flexibility index (Phi) is 6.74. The zero-order chi connectivity index (χ0) is 22.5. The summed E-state index contributed by atoms with van der Waals surface area (Å²) in [5.41, 5.74) is 3.57. The number of ketones is 1. The van der Waals surface area contributed by atoms with Crippen molar-refractivity contribution < 1.29 is 23.5 Å². The van der Waals surface area contributed by atoms with Gasteiger partial charge in [0, 0.05) is 22.5 Å². The van der Waals surface area contributed by atoms with Crippen molar-refractivity contribution in [2.45, 2.75) is 40.3 Å². The molecule has 0 unspecified atom stereocenters. The van der Waals surface area contributed by atoms with Gasteiger partial charge in [0.1, 0.15) is 11.8 Å². The summed E-state index contributed by atoms with van der Waals surface area (Å²) in [6.45, 7) is 7.27. The quantitative estimate of drug-likeness (QED) is 0.442. The SMILES string of the molecule is Cc1cccc(C(=O)N[C@@H](C)C(=O)OCC(=O)c2cc(C)n(Cc3ccco3)c2C)c1. The summed E-state index contributed by atoms with van der Waals surface area (Å²) < 4.78 is 12.5. The maximum absolute atomic E-state index is 12.6. The van der Waals surface area contributed by atoms with Gasteiger partial charge < -0.3 is 19.0 Å². The molecule has 31 heavy (non-hydrogen) atoms. The van der Waals surface area contributed by atoms with Crippen molar-refractivity contribution in [3.8, 4) is 0 Å². The fraction of sp³-hybridized carbons (Fsp3) is 0.292. The zero-order valence-corrected chi connectivity index (χ0v) is 18.1. The van der Waals surface area contributed by atoms with Crippen molar-refractivity contribution >= 4 is 17.7 Å². The van der Waals surface area contributed by atoms with Crippen LogP contribution in [0.25, 0.3) is 0 Å². The minimum absolute atomic E-state index is 0.302. The molecule has 0 spiro atoms.